The summed E-state index contributed by atoms with van der Waals surface area (Å²) in [7, 11) is 5.31. The quantitative estimate of drug-likeness (QED) is 0.167. The Morgan fingerprint density at radius 1 is 0.553 bits per heavy atom. The van der Waals surface area contributed by atoms with E-state index in [-0.39, 0.29) is 36.1 Å². The molecule has 13 aliphatic rings. The summed E-state index contributed by atoms with van der Waals surface area (Å²) in [6, 6.07) is 0.0463. The number of allylic oxidation sites excluding steroid dienone is 4. The lowest BCUT2D eigenvalue weighted by Crippen LogP contribution is -2.52. The molecule has 1 aliphatic heterocycles. The molecule has 1 saturated heterocycles. The van der Waals surface area contributed by atoms with E-state index in [2.05, 4.69) is 46.8 Å². The first-order valence-electron chi connectivity index (χ1n) is 31.9. The summed E-state index contributed by atoms with van der Waals surface area (Å²) < 4.78 is 57.9. The van der Waals surface area contributed by atoms with Crippen LogP contribution in [0, 0.1) is 111 Å². The van der Waals surface area contributed by atoms with Gasteiger partial charge in [0.2, 0.25) is 0 Å². The molecule has 0 aromatic carbocycles. The molecule has 0 aromatic heterocycles. The Morgan fingerprint density at radius 3 is 1.45 bits per heavy atom. The number of hydrogen-bond acceptors (Lipinski definition) is 5. The van der Waals surface area contributed by atoms with Gasteiger partial charge >= 0.3 is 0 Å². The largest absolute Gasteiger partial charge is 0.388 e. The van der Waals surface area contributed by atoms with Gasteiger partial charge in [-0.3, -0.25) is 9.59 Å². The maximum absolute atomic E-state index is 13.3. The predicted octanol–water partition coefficient (Wildman–Crippen LogP) is 15.9. The SMILES string of the molecule is CC(=O)[C@H]1CCC2C3CCC4C[C@@](O)(C(F)F)CC[C@@H]4C3CC[C@@]21C.CC=C1CCC2C3CCC4CC(=O)CC[C@@H]4C3CC[C@]12C.CC=C1CCC2C3CCC4C[C@@](O)(C(F)F)CC[C@@H]4C3CC[C@]12C.[B]C1CCCO1. The number of carbonyl (C=O) groups is 2. The highest BCUT2D eigenvalue weighted by Crippen LogP contribution is 2.68. The predicted molar refractivity (Wildman–Crippen MR) is 295 cm³/mol. The molecular formula is C66H101BF4O5. The molecule has 1 heterocycles. The molecule has 0 bridgehead atoms. The van der Waals surface area contributed by atoms with Gasteiger partial charge in [-0.1, -0.05) is 44.1 Å². The van der Waals surface area contributed by atoms with E-state index < -0.39 is 24.1 Å². The van der Waals surface area contributed by atoms with Gasteiger partial charge in [0.05, 0.1) is 0 Å². The third-order valence-corrected chi connectivity index (χ3v) is 26.5. The van der Waals surface area contributed by atoms with Crippen LogP contribution >= 0.6 is 0 Å². The van der Waals surface area contributed by atoms with Crippen LogP contribution < -0.4 is 0 Å². The van der Waals surface area contributed by atoms with Crippen molar-refractivity contribution in [1.29, 1.82) is 0 Å². The summed E-state index contributed by atoms with van der Waals surface area (Å²) in [5.74, 6) is 11.6. The second-order valence-electron chi connectivity index (χ2n) is 29.3. The monoisotopic (exact) mass is 1060 g/mol. The van der Waals surface area contributed by atoms with Crippen LogP contribution in [0.5, 0.6) is 0 Å². The molecule has 13 rings (SSSR count). The van der Waals surface area contributed by atoms with E-state index >= 15 is 0 Å². The molecule has 5 nitrogen and oxygen atoms in total. The molecule has 12 aliphatic carbocycles. The normalized spacial score (nSPS) is 50.9. The van der Waals surface area contributed by atoms with Gasteiger partial charge < -0.3 is 14.9 Å². The maximum Gasteiger partial charge on any atom is 0.266 e. The highest BCUT2D eigenvalue weighted by molar-refractivity contribution is 6.11. The fourth-order valence-electron chi connectivity index (χ4n) is 22.8. The zero-order valence-electron chi connectivity index (χ0n) is 48.0. The van der Waals surface area contributed by atoms with Gasteiger partial charge in [-0.2, -0.15) is 0 Å². The standard InChI is InChI=1S/C21H32F2O2.C21H32F2O.C20H30O.C4H7BO/c1-12(24)17-5-6-18-16-4-3-13-11-21(25,19(22)23)10-8-14(13)15(16)7-9-20(17,18)2;1-3-14-5-7-18-17-6-4-13-12-21(24,19(22)23)11-9-15(13)16(17)8-10-20(14,18)2;1-3-14-5-9-19-18-7-4-13-12-15(21)6-8-16(13)17(18)10-11-20(14,19)2;5-4-2-1-3-6-4/h13-19,25H,3-11H2,1-2H3;3,13,15-19,24H,4-12H2,1-2H3;3,13,16-19H,4-12H2,1-2H3;4H,1-3H2/t13?,14-,15?,16?,17+,18?,20+,21+;13?,15-,16?,17?,18?,20+,21+;13?,16-,17?,18?,19?,20+;/m000./s1. The van der Waals surface area contributed by atoms with Gasteiger partial charge in [-0.15, -0.1) is 0 Å². The number of fused-ring (bicyclic) bond motifs is 15. The fourth-order valence-corrected chi connectivity index (χ4v) is 22.8. The maximum atomic E-state index is 13.3. The van der Waals surface area contributed by atoms with Gasteiger partial charge in [0, 0.05) is 31.4 Å². The van der Waals surface area contributed by atoms with Crippen molar-refractivity contribution in [1.82, 2.24) is 0 Å². The van der Waals surface area contributed by atoms with E-state index in [1.165, 1.54) is 83.5 Å². The number of ether oxygens (including phenoxy) is 1. The average Bonchev–Trinajstić information content (AvgIpc) is 4.28. The van der Waals surface area contributed by atoms with E-state index in [1.54, 1.807) is 18.1 Å². The Bertz CT molecular complexity index is 2130. The zero-order valence-corrected chi connectivity index (χ0v) is 48.0. The zero-order chi connectivity index (χ0) is 54.1. The first-order valence-corrected chi connectivity index (χ1v) is 31.9. The van der Waals surface area contributed by atoms with Crippen molar-refractivity contribution in [3.05, 3.63) is 23.3 Å². The van der Waals surface area contributed by atoms with Crippen LogP contribution in [0.25, 0.3) is 0 Å². The Balaban J connectivity index is 0.000000123. The third kappa shape index (κ3) is 10.4. The molecule has 0 aromatic rings. The molecule has 13 fully saturated rings. The van der Waals surface area contributed by atoms with Crippen molar-refractivity contribution in [2.45, 2.75) is 258 Å². The highest BCUT2D eigenvalue weighted by atomic mass is 19.3. The summed E-state index contributed by atoms with van der Waals surface area (Å²) >= 11 is 0. The minimum absolute atomic E-state index is 0.0463. The molecule has 2 N–H and O–H groups in total. The van der Waals surface area contributed by atoms with E-state index in [1.807, 2.05) is 0 Å². The average molecular weight is 1060 g/mol. The molecule has 76 heavy (non-hydrogen) atoms. The number of Topliss-reactive ketones (excluding diaryl/α,β-unsaturated/α-hetero) is 2. The molecule has 10 heteroatoms. The van der Waals surface area contributed by atoms with Crippen LogP contribution in [0.2, 0.25) is 0 Å². The molecular weight excluding hydrogens is 960 g/mol. The topological polar surface area (TPSA) is 83.8 Å². The lowest BCUT2D eigenvalue weighted by molar-refractivity contribution is -0.160. The lowest BCUT2D eigenvalue weighted by Gasteiger charge is -2.57. The molecule has 0 spiro atoms. The van der Waals surface area contributed by atoms with Crippen molar-refractivity contribution < 1.29 is 42.1 Å². The van der Waals surface area contributed by atoms with Crippen LogP contribution in [0.15, 0.2) is 23.3 Å². The first kappa shape index (κ1) is 57.7. The molecule has 2 radical (unpaired) electrons. The van der Waals surface area contributed by atoms with E-state index in [9.17, 15) is 37.4 Å². The van der Waals surface area contributed by atoms with Gasteiger partial charge in [0.25, 0.3) is 12.9 Å². The minimum atomic E-state index is -2.62. The second kappa shape index (κ2) is 22.7. The Hall–Kier alpha value is -1.52. The minimum Gasteiger partial charge on any atom is -0.388 e. The highest BCUT2D eigenvalue weighted by Gasteiger charge is 2.61. The fraction of sp³-hybridized carbons (Fsp3) is 0.909. The lowest BCUT2D eigenvalue weighted by atomic mass is 9.49. The third-order valence-electron chi connectivity index (χ3n) is 26.5. The number of aliphatic hydroxyl groups is 2. The summed E-state index contributed by atoms with van der Waals surface area (Å²) in [6.45, 7) is 14.5. The van der Waals surface area contributed by atoms with Crippen molar-refractivity contribution in [2.75, 3.05) is 6.61 Å². The number of carbonyl (C=O) groups excluding carboxylic acids is 2. The first-order chi connectivity index (χ1) is 36.2. The number of hydrogen-bond donors (Lipinski definition) is 2. The Labute approximate surface area is 458 Å². The number of ketones is 2. The van der Waals surface area contributed by atoms with Gasteiger partial charge in [0.15, 0.2) is 0 Å². The van der Waals surface area contributed by atoms with Crippen molar-refractivity contribution in [2.24, 2.45) is 111 Å². The van der Waals surface area contributed by atoms with Crippen LogP contribution in [0.1, 0.15) is 228 Å². The van der Waals surface area contributed by atoms with Crippen LogP contribution in [0.3, 0.4) is 0 Å². The second-order valence-corrected chi connectivity index (χ2v) is 29.3. The number of halogens is 4. The molecule has 22 atom stereocenters. The van der Waals surface area contributed by atoms with Crippen LogP contribution in [-0.4, -0.2) is 66.3 Å². The molecule has 13 unspecified atom stereocenters. The Kier molecular flexibility index (Phi) is 17.2. The summed E-state index contributed by atoms with van der Waals surface area (Å²) in [5, 5.41) is 20.6. The molecule has 0 amide bonds. The van der Waals surface area contributed by atoms with E-state index in [0.717, 1.165) is 131 Å². The van der Waals surface area contributed by atoms with Gasteiger partial charge in [-0.25, -0.2) is 17.6 Å². The van der Waals surface area contributed by atoms with Crippen LogP contribution in [0.4, 0.5) is 17.6 Å². The number of rotatable bonds is 3. The summed E-state index contributed by atoms with van der Waals surface area (Å²) in [5.41, 5.74) is 1.06. The van der Waals surface area contributed by atoms with Crippen LogP contribution in [-0.2, 0) is 14.3 Å². The van der Waals surface area contributed by atoms with Crippen molar-refractivity contribution >= 4 is 19.4 Å². The van der Waals surface area contributed by atoms with E-state index in [4.69, 9.17) is 12.6 Å². The Morgan fingerprint density at radius 2 is 1.01 bits per heavy atom. The van der Waals surface area contributed by atoms with Crippen molar-refractivity contribution in [3.8, 4) is 0 Å². The molecule has 426 valence electrons. The molecule has 12 saturated carbocycles. The van der Waals surface area contributed by atoms with Gasteiger partial charge in [0.1, 0.15) is 30.6 Å². The van der Waals surface area contributed by atoms with E-state index in [0.29, 0.717) is 70.7 Å². The smallest absolute Gasteiger partial charge is 0.266 e. The summed E-state index contributed by atoms with van der Waals surface area (Å²) in [6.07, 6.45) is 29.9. The summed E-state index contributed by atoms with van der Waals surface area (Å²) in [4.78, 5) is 23.9. The number of alkyl halides is 4. The van der Waals surface area contributed by atoms with Crippen molar-refractivity contribution in [3.63, 3.8) is 0 Å². The van der Waals surface area contributed by atoms with Gasteiger partial charge in [-0.05, 0) is 299 Å².